The molecule has 0 aliphatic heterocycles. The lowest BCUT2D eigenvalue weighted by Crippen LogP contribution is -3.00. The smallest absolute Gasteiger partial charge is 0.502 e. The van der Waals surface area contributed by atoms with Gasteiger partial charge in [0.1, 0.15) is 0 Å². The van der Waals surface area contributed by atoms with Crippen LogP contribution in [0.3, 0.4) is 0 Å². The molecule has 0 unspecified atom stereocenters. The molecule has 0 fully saturated rings. The Hall–Kier alpha value is 1.16. The third-order valence-electron chi connectivity index (χ3n) is 7.40. The molecule has 0 saturated carbocycles. The Morgan fingerprint density at radius 3 is 0.391 bits per heavy atom. The maximum absolute atomic E-state index is 6.08. The third-order valence-corrected chi connectivity index (χ3v) is 28.0. The summed E-state index contributed by atoms with van der Waals surface area (Å²) in [6, 6.07) is 0. The van der Waals surface area contributed by atoms with Crippen molar-refractivity contribution in [1.82, 2.24) is 56.0 Å². The minimum absolute atomic E-state index is 0. The van der Waals surface area contributed by atoms with Crippen LogP contribution in [0, 0.1) is 0 Å². The topological polar surface area (TPSA) is 88.3 Å². The number of hydrogen-bond acceptors (Lipinski definition) is 4. The Labute approximate surface area is 292 Å². The highest BCUT2D eigenvalue weighted by atomic mass is 35.5. The van der Waals surface area contributed by atoms with E-state index >= 15 is 0 Å². The van der Waals surface area contributed by atoms with Gasteiger partial charge in [-0.25, -0.2) is 56.0 Å². The Morgan fingerprint density at radius 2 is 0.326 bits per heavy atom. The molecule has 0 bridgehead atoms. The SMILES string of the molecule is CN(C)P(=N[P+](N=P(N(C)C)(N(C)C)N(C)C)(N=P(N(C)C)(N(C)C)N(C)C)N=P(N(C)C)(N(C)C)N(C)C)(N(C)C)N(C)C.[Cl-]. The van der Waals surface area contributed by atoms with Gasteiger partial charge in [-0.05, 0) is 187 Å². The summed E-state index contributed by atoms with van der Waals surface area (Å²) in [7, 11) is 36.8. The van der Waals surface area contributed by atoms with Crippen molar-refractivity contribution in [2.75, 3.05) is 169 Å². The second-order valence-electron chi connectivity index (χ2n) is 13.2. The van der Waals surface area contributed by atoms with Gasteiger partial charge >= 0.3 is 7.87 Å². The number of halogens is 1. The van der Waals surface area contributed by atoms with E-state index < -0.39 is 37.9 Å². The first-order valence-electron chi connectivity index (χ1n) is 14.7. The Balaban J connectivity index is 0. The van der Waals surface area contributed by atoms with Crippen molar-refractivity contribution in [1.29, 1.82) is 0 Å². The molecular weight excluding hydrogens is 703 g/mol. The molecule has 0 aliphatic rings. The fraction of sp³-hybridized carbons (Fsp3) is 1.00. The van der Waals surface area contributed by atoms with Gasteiger partial charge in [0.05, 0.1) is 0 Å². The van der Waals surface area contributed by atoms with Gasteiger partial charge in [-0.1, -0.05) is 0 Å². The molecule has 0 amide bonds. The lowest BCUT2D eigenvalue weighted by molar-refractivity contribution is -0.0000111. The van der Waals surface area contributed by atoms with Crippen molar-refractivity contribution in [3.63, 3.8) is 0 Å². The van der Waals surface area contributed by atoms with Gasteiger partial charge in [0, 0.05) is 0 Å². The molecule has 0 radical (unpaired) electrons. The van der Waals surface area contributed by atoms with E-state index in [9.17, 15) is 0 Å². The normalized spacial score (nSPS) is 14.5. The van der Waals surface area contributed by atoms with E-state index in [1.807, 2.05) is 0 Å². The van der Waals surface area contributed by atoms with Gasteiger partial charge in [-0.3, -0.25) is 0 Å². The third kappa shape index (κ3) is 9.33. The van der Waals surface area contributed by atoms with Crippen molar-refractivity contribution >= 4 is 37.9 Å². The van der Waals surface area contributed by atoms with Crippen LogP contribution in [0.5, 0.6) is 0 Å². The van der Waals surface area contributed by atoms with Crippen LogP contribution >= 0.6 is 37.9 Å². The van der Waals surface area contributed by atoms with E-state index in [0.29, 0.717) is 0 Å². The van der Waals surface area contributed by atoms with Crippen LogP contribution in [-0.4, -0.2) is 225 Å². The summed E-state index contributed by atoms with van der Waals surface area (Å²) in [6.07, 6.45) is 0. The summed E-state index contributed by atoms with van der Waals surface area (Å²) in [6.45, 7) is 0. The highest BCUT2D eigenvalue weighted by Crippen LogP contribution is 2.86. The lowest BCUT2D eigenvalue weighted by atomic mass is 11.2. The molecule has 0 saturated heterocycles. The van der Waals surface area contributed by atoms with Crippen molar-refractivity contribution in [2.24, 2.45) is 18.1 Å². The van der Waals surface area contributed by atoms with E-state index in [1.165, 1.54) is 0 Å². The molecule has 22 heteroatoms. The molecule has 0 atom stereocenters. The second-order valence-corrected chi connectivity index (χ2v) is 31.0. The molecule has 0 rings (SSSR count). The second kappa shape index (κ2) is 18.6. The average molecular weight is 775 g/mol. The summed E-state index contributed by atoms with van der Waals surface area (Å²) in [5.41, 5.74) is 0. The zero-order valence-corrected chi connectivity index (χ0v) is 39.0. The monoisotopic (exact) mass is 774 g/mol. The Bertz CT molecular complexity index is 883. The van der Waals surface area contributed by atoms with Crippen LogP contribution in [0.15, 0.2) is 18.1 Å². The number of hydrogen-bond donors (Lipinski definition) is 0. The van der Waals surface area contributed by atoms with Crippen LogP contribution in [0.2, 0.25) is 0 Å². The molecule has 0 aromatic rings. The molecule has 280 valence electrons. The molecule has 46 heavy (non-hydrogen) atoms. The molecular formula is C24H72ClN16P5. The minimum atomic E-state index is -3.43. The van der Waals surface area contributed by atoms with Crippen molar-refractivity contribution in [2.45, 2.75) is 0 Å². The van der Waals surface area contributed by atoms with Gasteiger partial charge in [0.25, 0.3) is 0 Å². The molecule has 0 heterocycles. The van der Waals surface area contributed by atoms with Crippen molar-refractivity contribution in [3.8, 4) is 0 Å². The van der Waals surface area contributed by atoms with Crippen molar-refractivity contribution in [3.05, 3.63) is 0 Å². The zero-order chi connectivity index (χ0) is 36.3. The summed E-state index contributed by atoms with van der Waals surface area (Å²) < 4.78 is 51.2. The number of rotatable bonds is 16. The fourth-order valence-electron chi connectivity index (χ4n) is 6.00. The lowest BCUT2D eigenvalue weighted by Gasteiger charge is -2.44. The van der Waals surface area contributed by atoms with Crippen LogP contribution in [-0.2, 0) is 0 Å². The largest absolute Gasteiger partial charge is 1.00 e. The summed E-state index contributed by atoms with van der Waals surface area (Å²) in [4.78, 5) is 0. The standard InChI is InChI=1S/C24H72N16P5.ClH/c1-29(2)42(30(3)4,31(5)6)25-41(26-43(32(7)8,33(9)10)34(11)12,27-44(35(13)14,36(15)16)37(17)18)28-45(38(19)20,39(21)22)40(23)24;/h1-24H3;1H/q+1;/p-1. The molecule has 0 aliphatic carbocycles. The van der Waals surface area contributed by atoms with Gasteiger partial charge < -0.3 is 12.4 Å². The summed E-state index contributed by atoms with van der Waals surface area (Å²) >= 11 is 0. The molecule has 0 aromatic heterocycles. The highest BCUT2D eigenvalue weighted by molar-refractivity contribution is 7.87. The molecule has 0 spiro atoms. The fourth-order valence-corrected chi connectivity index (χ4v) is 30.2. The Kier molecular flexibility index (Phi) is 19.9. The van der Waals surface area contributed by atoms with Crippen LogP contribution < -0.4 is 12.4 Å². The first-order chi connectivity index (χ1) is 20.1. The first-order valence-corrected chi connectivity index (χ1v) is 22.7. The predicted molar refractivity (Wildman–Crippen MR) is 209 cm³/mol. The van der Waals surface area contributed by atoms with E-state index in [2.05, 4.69) is 225 Å². The summed E-state index contributed by atoms with van der Waals surface area (Å²) in [5.74, 6) is 0. The molecule has 0 aromatic carbocycles. The predicted octanol–water partition coefficient (Wildman–Crippen LogP) is 2.19. The maximum Gasteiger partial charge on any atom is 0.502 e. The van der Waals surface area contributed by atoms with E-state index in [4.69, 9.17) is 18.1 Å². The minimum Gasteiger partial charge on any atom is -1.00 e. The van der Waals surface area contributed by atoms with Gasteiger partial charge in [-0.2, -0.15) is 0 Å². The van der Waals surface area contributed by atoms with Crippen LogP contribution in [0.4, 0.5) is 0 Å². The number of nitrogens with zero attached hydrogens (tertiary/aromatic N) is 16. The maximum atomic E-state index is 6.08. The van der Waals surface area contributed by atoms with Crippen LogP contribution in [0.25, 0.3) is 0 Å². The highest BCUT2D eigenvalue weighted by Gasteiger charge is 2.56. The quantitative estimate of drug-likeness (QED) is 0.216. The van der Waals surface area contributed by atoms with Gasteiger partial charge in [0.15, 0.2) is 0 Å². The van der Waals surface area contributed by atoms with E-state index in [0.717, 1.165) is 0 Å². The van der Waals surface area contributed by atoms with Gasteiger partial charge in [-0.15, -0.1) is 0 Å². The van der Waals surface area contributed by atoms with E-state index in [1.54, 1.807) is 0 Å². The van der Waals surface area contributed by atoms with Crippen LogP contribution in [0.1, 0.15) is 0 Å². The van der Waals surface area contributed by atoms with Crippen molar-refractivity contribution < 1.29 is 12.4 Å². The first kappa shape index (κ1) is 49.3. The average Bonchev–Trinajstić information content (AvgIpc) is 2.84. The zero-order valence-electron chi connectivity index (χ0n) is 33.8. The molecule has 16 nitrogen and oxygen atoms in total. The van der Waals surface area contributed by atoms with Gasteiger partial charge in [0.2, 0.25) is 30.0 Å². The van der Waals surface area contributed by atoms with E-state index in [-0.39, 0.29) is 12.4 Å². The Morgan fingerprint density at radius 1 is 0.239 bits per heavy atom. The summed E-state index contributed by atoms with van der Waals surface area (Å²) in [5, 5.41) is 0. The molecule has 0 N–H and O–H groups in total.